The van der Waals surface area contributed by atoms with Crippen molar-refractivity contribution < 1.29 is 14.3 Å². The fourth-order valence-corrected chi connectivity index (χ4v) is 3.99. The molecule has 136 valence electrons. The van der Waals surface area contributed by atoms with E-state index in [2.05, 4.69) is 5.32 Å². The van der Waals surface area contributed by atoms with Gasteiger partial charge in [0.2, 0.25) is 5.91 Å². The number of hydrogen-bond acceptors (Lipinski definition) is 3. The molecule has 0 radical (unpaired) electrons. The Kier molecular flexibility index (Phi) is 5.64. The molecule has 1 spiro atoms. The molecule has 1 aromatic carbocycles. The third-order valence-corrected chi connectivity index (χ3v) is 5.27. The number of halogens is 1. The third-order valence-electron chi connectivity index (χ3n) is 5.04. The predicted molar refractivity (Wildman–Crippen MR) is 96.5 cm³/mol. The molecule has 3 rings (SSSR count). The average Bonchev–Trinajstić information content (AvgIpc) is 2.98. The Morgan fingerprint density at radius 2 is 2.08 bits per heavy atom. The summed E-state index contributed by atoms with van der Waals surface area (Å²) in [7, 11) is 0. The first-order valence-corrected chi connectivity index (χ1v) is 9.46. The lowest BCUT2D eigenvalue weighted by Gasteiger charge is -2.41. The van der Waals surface area contributed by atoms with Gasteiger partial charge in [-0.3, -0.25) is 14.5 Å². The summed E-state index contributed by atoms with van der Waals surface area (Å²) in [6, 6.07) is 6.30. The van der Waals surface area contributed by atoms with Gasteiger partial charge in [-0.05, 0) is 50.3 Å². The highest BCUT2D eigenvalue weighted by atomic mass is 35.5. The molecular formula is C19H25ClN2O3. The quantitative estimate of drug-likeness (QED) is 0.891. The van der Waals surface area contributed by atoms with E-state index in [9.17, 15) is 9.59 Å². The van der Waals surface area contributed by atoms with Crippen LogP contribution in [0.25, 0.3) is 0 Å². The van der Waals surface area contributed by atoms with E-state index in [1.54, 1.807) is 29.2 Å². The lowest BCUT2D eigenvalue weighted by Crippen LogP contribution is -2.56. The maximum absolute atomic E-state index is 13.3. The summed E-state index contributed by atoms with van der Waals surface area (Å²) in [6.07, 6.45) is 5.54. The van der Waals surface area contributed by atoms with E-state index in [1.165, 1.54) is 0 Å². The van der Waals surface area contributed by atoms with Crippen molar-refractivity contribution in [2.75, 3.05) is 13.2 Å². The van der Waals surface area contributed by atoms with Crippen LogP contribution in [0.15, 0.2) is 24.3 Å². The number of carbonyl (C=O) groups excluding carboxylic acids is 2. The maximum atomic E-state index is 13.3. The number of nitrogens with zero attached hydrogens (tertiary/aromatic N) is 1. The normalized spacial score (nSPS) is 22.2. The molecule has 1 N–H and O–H groups in total. The van der Waals surface area contributed by atoms with Crippen LogP contribution in [0.4, 0.5) is 0 Å². The minimum absolute atomic E-state index is 0.139. The third kappa shape index (κ3) is 3.67. The van der Waals surface area contributed by atoms with Gasteiger partial charge in [-0.15, -0.1) is 0 Å². The van der Waals surface area contributed by atoms with Crippen molar-refractivity contribution >= 4 is 23.4 Å². The number of nitrogens with one attached hydrogen (secondary N) is 1. The zero-order valence-corrected chi connectivity index (χ0v) is 15.3. The molecule has 5 nitrogen and oxygen atoms in total. The molecule has 1 atom stereocenters. The van der Waals surface area contributed by atoms with Gasteiger partial charge in [-0.2, -0.15) is 0 Å². The second-order valence-electron chi connectivity index (χ2n) is 6.81. The number of amides is 2. The Bertz CT molecular complexity index is 643. The van der Waals surface area contributed by atoms with E-state index in [0.29, 0.717) is 17.1 Å². The summed E-state index contributed by atoms with van der Waals surface area (Å²) in [5, 5.41) is 3.41. The Hall–Kier alpha value is -1.59. The molecule has 1 saturated carbocycles. The van der Waals surface area contributed by atoms with Crippen molar-refractivity contribution in [3.63, 3.8) is 0 Å². The monoisotopic (exact) mass is 364 g/mol. The first kappa shape index (κ1) is 18.2. The lowest BCUT2D eigenvalue weighted by atomic mass is 9.89. The molecule has 1 saturated heterocycles. The van der Waals surface area contributed by atoms with Crippen LogP contribution in [0.2, 0.25) is 5.02 Å². The van der Waals surface area contributed by atoms with Gasteiger partial charge in [0.05, 0.1) is 6.61 Å². The van der Waals surface area contributed by atoms with Gasteiger partial charge in [-0.1, -0.05) is 31.0 Å². The minimum Gasteiger partial charge on any atom is -0.354 e. The molecule has 0 bridgehead atoms. The Labute approximate surface area is 153 Å². The zero-order valence-electron chi connectivity index (χ0n) is 14.6. The Morgan fingerprint density at radius 3 is 2.76 bits per heavy atom. The molecule has 1 aliphatic heterocycles. The van der Waals surface area contributed by atoms with E-state index in [0.717, 1.165) is 38.5 Å². The number of carbonyl (C=O) groups is 2. The van der Waals surface area contributed by atoms with Crippen LogP contribution in [0, 0.1) is 0 Å². The smallest absolute Gasteiger partial charge is 0.256 e. The van der Waals surface area contributed by atoms with Crippen molar-refractivity contribution in [3.8, 4) is 0 Å². The molecule has 1 heterocycles. The highest BCUT2D eigenvalue weighted by Gasteiger charge is 2.52. The summed E-state index contributed by atoms with van der Waals surface area (Å²) in [4.78, 5) is 27.6. The molecule has 2 amide bonds. The second-order valence-corrected chi connectivity index (χ2v) is 7.25. The van der Waals surface area contributed by atoms with E-state index >= 15 is 0 Å². The predicted octanol–water partition coefficient (Wildman–Crippen LogP) is 3.37. The first-order chi connectivity index (χ1) is 12.1. The molecule has 1 aromatic rings. The molecule has 2 aliphatic rings. The van der Waals surface area contributed by atoms with Crippen LogP contribution < -0.4 is 5.32 Å². The standard InChI is InChI=1S/C19H25ClN2O3/c1-2-11-21-17(23)16-13-25-19(9-4-3-5-10-19)22(16)18(24)14-7-6-8-15(20)12-14/h6-8,12,16H,2-5,9-11,13H2,1H3,(H,21,23). The van der Waals surface area contributed by atoms with Crippen LogP contribution in [0.5, 0.6) is 0 Å². The van der Waals surface area contributed by atoms with Crippen molar-refractivity contribution in [2.45, 2.75) is 57.2 Å². The van der Waals surface area contributed by atoms with Crippen LogP contribution in [0.1, 0.15) is 55.8 Å². The number of rotatable bonds is 4. The number of ether oxygens (including phenoxy) is 1. The molecule has 0 aromatic heterocycles. The van der Waals surface area contributed by atoms with E-state index in [-0.39, 0.29) is 18.4 Å². The zero-order chi connectivity index (χ0) is 17.9. The summed E-state index contributed by atoms with van der Waals surface area (Å²) in [6.45, 7) is 2.85. The van der Waals surface area contributed by atoms with Gasteiger partial charge >= 0.3 is 0 Å². The van der Waals surface area contributed by atoms with Gasteiger partial charge in [-0.25, -0.2) is 0 Å². The van der Waals surface area contributed by atoms with Crippen molar-refractivity contribution in [2.24, 2.45) is 0 Å². The van der Waals surface area contributed by atoms with E-state index in [4.69, 9.17) is 16.3 Å². The van der Waals surface area contributed by atoms with Crippen molar-refractivity contribution in [3.05, 3.63) is 34.9 Å². The average molecular weight is 365 g/mol. The topological polar surface area (TPSA) is 58.6 Å². The molecule has 6 heteroatoms. The Balaban J connectivity index is 1.91. The van der Waals surface area contributed by atoms with Gasteiger partial charge < -0.3 is 10.1 Å². The molecule has 2 fully saturated rings. The van der Waals surface area contributed by atoms with Crippen LogP contribution in [-0.2, 0) is 9.53 Å². The molecular weight excluding hydrogens is 340 g/mol. The second kappa shape index (κ2) is 7.75. The minimum atomic E-state index is -0.661. The van der Waals surface area contributed by atoms with Crippen LogP contribution in [0.3, 0.4) is 0 Å². The lowest BCUT2D eigenvalue weighted by molar-refractivity contribution is -0.127. The van der Waals surface area contributed by atoms with Gasteiger partial charge in [0, 0.05) is 17.1 Å². The first-order valence-electron chi connectivity index (χ1n) is 9.08. The highest BCUT2D eigenvalue weighted by molar-refractivity contribution is 6.31. The summed E-state index contributed by atoms with van der Waals surface area (Å²) in [5.41, 5.74) is -0.164. The summed E-state index contributed by atoms with van der Waals surface area (Å²) < 4.78 is 6.09. The maximum Gasteiger partial charge on any atom is 0.256 e. The fourth-order valence-electron chi connectivity index (χ4n) is 3.80. The van der Waals surface area contributed by atoms with Gasteiger partial charge in [0.25, 0.3) is 5.91 Å². The van der Waals surface area contributed by atoms with E-state index in [1.807, 2.05) is 6.92 Å². The SMILES string of the molecule is CCCNC(=O)C1COC2(CCCCC2)N1C(=O)c1cccc(Cl)c1. The highest BCUT2D eigenvalue weighted by Crippen LogP contribution is 2.41. The fraction of sp³-hybridized carbons (Fsp3) is 0.579. The molecule has 1 unspecified atom stereocenters. The summed E-state index contributed by atoms with van der Waals surface area (Å²) in [5.74, 6) is -0.321. The van der Waals surface area contributed by atoms with Crippen molar-refractivity contribution in [1.29, 1.82) is 0 Å². The number of benzene rings is 1. The molecule has 1 aliphatic carbocycles. The summed E-state index contributed by atoms with van der Waals surface area (Å²) >= 11 is 6.06. The van der Waals surface area contributed by atoms with E-state index < -0.39 is 11.8 Å². The Morgan fingerprint density at radius 1 is 1.32 bits per heavy atom. The molecule has 25 heavy (non-hydrogen) atoms. The van der Waals surface area contributed by atoms with Crippen LogP contribution >= 0.6 is 11.6 Å². The van der Waals surface area contributed by atoms with Gasteiger partial charge in [0.15, 0.2) is 0 Å². The van der Waals surface area contributed by atoms with Gasteiger partial charge in [0.1, 0.15) is 11.8 Å². The van der Waals surface area contributed by atoms with Crippen molar-refractivity contribution in [1.82, 2.24) is 10.2 Å². The largest absolute Gasteiger partial charge is 0.354 e. The number of hydrogen-bond donors (Lipinski definition) is 1. The van der Waals surface area contributed by atoms with Crippen LogP contribution in [-0.4, -0.2) is 41.6 Å².